The molecule has 0 radical (unpaired) electrons. The molecule has 0 heterocycles. The second-order valence-electron chi connectivity index (χ2n) is 5.64. The number of ether oxygens (including phenoxy) is 1. The number of hydrogen-bond donors (Lipinski definition) is 2. The molecule has 1 fully saturated rings. The van der Waals surface area contributed by atoms with Gasteiger partial charge in [0.2, 0.25) is 0 Å². The van der Waals surface area contributed by atoms with Crippen LogP contribution in [0.2, 0.25) is 0 Å². The summed E-state index contributed by atoms with van der Waals surface area (Å²) in [5, 5.41) is 3.65. The molecule has 2 atom stereocenters. The van der Waals surface area contributed by atoms with Crippen LogP contribution < -0.4 is 11.1 Å². The third-order valence-corrected chi connectivity index (χ3v) is 4.07. The molecular formula is C13H28N2O. The second-order valence-corrected chi connectivity index (χ2v) is 5.64. The molecule has 96 valence electrons. The molecule has 0 amide bonds. The van der Waals surface area contributed by atoms with Crippen LogP contribution in [0.5, 0.6) is 0 Å². The van der Waals surface area contributed by atoms with Gasteiger partial charge in [-0.05, 0) is 37.1 Å². The molecule has 0 bridgehead atoms. The normalized spacial score (nSPS) is 22.1. The maximum Gasteiger partial charge on any atom is 0.0659 e. The van der Waals surface area contributed by atoms with Crippen molar-refractivity contribution in [1.29, 1.82) is 0 Å². The van der Waals surface area contributed by atoms with Gasteiger partial charge in [0.05, 0.1) is 12.1 Å². The van der Waals surface area contributed by atoms with Crippen LogP contribution in [-0.2, 0) is 4.74 Å². The van der Waals surface area contributed by atoms with Crippen LogP contribution in [-0.4, -0.2) is 32.3 Å². The zero-order chi connectivity index (χ0) is 12.2. The van der Waals surface area contributed by atoms with Crippen molar-refractivity contribution in [2.45, 2.75) is 39.2 Å². The van der Waals surface area contributed by atoms with E-state index in [9.17, 15) is 0 Å². The lowest BCUT2D eigenvalue weighted by molar-refractivity contribution is 0.0796. The van der Waals surface area contributed by atoms with E-state index < -0.39 is 0 Å². The Hall–Kier alpha value is -0.120. The van der Waals surface area contributed by atoms with Crippen molar-refractivity contribution in [2.24, 2.45) is 23.5 Å². The fourth-order valence-electron chi connectivity index (χ4n) is 2.24. The van der Waals surface area contributed by atoms with Crippen LogP contribution in [0, 0.1) is 17.8 Å². The molecule has 3 heteroatoms. The summed E-state index contributed by atoms with van der Waals surface area (Å²) < 4.78 is 5.33. The quantitative estimate of drug-likeness (QED) is 0.664. The van der Waals surface area contributed by atoms with Gasteiger partial charge in [0.15, 0.2) is 0 Å². The Kier molecular flexibility index (Phi) is 5.22. The van der Waals surface area contributed by atoms with E-state index in [4.69, 9.17) is 10.5 Å². The van der Waals surface area contributed by atoms with Crippen molar-refractivity contribution in [3.63, 3.8) is 0 Å². The van der Waals surface area contributed by atoms with E-state index in [0.29, 0.717) is 19.1 Å². The zero-order valence-corrected chi connectivity index (χ0v) is 11.3. The van der Waals surface area contributed by atoms with E-state index in [0.717, 1.165) is 18.4 Å². The summed E-state index contributed by atoms with van der Waals surface area (Å²) in [6, 6.07) is 0. The molecule has 0 aliphatic heterocycles. The average Bonchev–Trinajstić information content (AvgIpc) is 3.07. The second kappa shape index (κ2) is 5.99. The topological polar surface area (TPSA) is 47.3 Å². The summed E-state index contributed by atoms with van der Waals surface area (Å²) in [6.07, 6.45) is 2.81. The molecule has 16 heavy (non-hydrogen) atoms. The third kappa shape index (κ3) is 3.44. The van der Waals surface area contributed by atoms with Crippen LogP contribution in [0.15, 0.2) is 0 Å². The monoisotopic (exact) mass is 228 g/mol. The maximum atomic E-state index is 5.93. The van der Waals surface area contributed by atoms with Gasteiger partial charge in [0, 0.05) is 13.7 Å². The number of methoxy groups -OCH3 is 1. The summed E-state index contributed by atoms with van der Waals surface area (Å²) in [5.74, 6) is 2.20. The highest BCUT2D eigenvalue weighted by Crippen LogP contribution is 2.36. The molecule has 0 aromatic rings. The summed E-state index contributed by atoms with van der Waals surface area (Å²) in [6.45, 7) is 9.14. The summed E-state index contributed by atoms with van der Waals surface area (Å²) >= 11 is 0. The molecular weight excluding hydrogens is 200 g/mol. The highest BCUT2D eigenvalue weighted by molar-refractivity contribution is 4.93. The fourth-order valence-corrected chi connectivity index (χ4v) is 2.24. The number of hydrogen-bond acceptors (Lipinski definition) is 3. The molecule has 0 saturated heterocycles. The molecule has 3 nitrogen and oxygen atoms in total. The van der Waals surface area contributed by atoms with E-state index in [1.54, 1.807) is 7.11 Å². The van der Waals surface area contributed by atoms with E-state index in [2.05, 4.69) is 26.1 Å². The Labute approximate surface area is 100 Å². The first-order valence-electron chi connectivity index (χ1n) is 6.49. The molecule has 2 unspecified atom stereocenters. The molecule has 3 N–H and O–H groups in total. The third-order valence-electron chi connectivity index (χ3n) is 4.07. The standard InChI is InChI=1S/C13H28N2O/c1-10(2)13(8-14,9-16-4)15-7-11(3)12-5-6-12/h10-12,15H,5-9,14H2,1-4H3. The Morgan fingerprint density at radius 1 is 1.38 bits per heavy atom. The molecule has 0 aromatic heterocycles. The Bertz CT molecular complexity index is 204. The fraction of sp³-hybridized carbons (Fsp3) is 1.00. The van der Waals surface area contributed by atoms with Gasteiger partial charge in [-0.15, -0.1) is 0 Å². The van der Waals surface area contributed by atoms with E-state index in [1.807, 2.05) is 0 Å². The van der Waals surface area contributed by atoms with Gasteiger partial charge in [-0.2, -0.15) is 0 Å². The van der Waals surface area contributed by atoms with Crippen molar-refractivity contribution in [3.8, 4) is 0 Å². The molecule has 0 spiro atoms. The largest absolute Gasteiger partial charge is 0.383 e. The van der Waals surface area contributed by atoms with Gasteiger partial charge in [-0.1, -0.05) is 20.8 Å². The predicted octanol–water partition coefficient (Wildman–Crippen LogP) is 1.62. The van der Waals surface area contributed by atoms with Crippen LogP contribution in [0.25, 0.3) is 0 Å². The van der Waals surface area contributed by atoms with Crippen molar-refractivity contribution in [3.05, 3.63) is 0 Å². The maximum absolute atomic E-state index is 5.93. The van der Waals surface area contributed by atoms with Crippen molar-refractivity contribution in [1.82, 2.24) is 5.32 Å². The van der Waals surface area contributed by atoms with Gasteiger partial charge in [-0.25, -0.2) is 0 Å². The molecule has 1 aliphatic carbocycles. The van der Waals surface area contributed by atoms with Crippen LogP contribution in [0.1, 0.15) is 33.6 Å². The van der Waals surface area contributed by atoms with Crippen LogP contribution in [0.3, 0.4) is 0 Å². The average molecular weight is 228 g/mol. The zero-order valence-electron chi connectivity index (χ0n) is 11.3. The van der Waals surface area contributed by atoms with Gasteiger partial charge in [0.25, 0.3) is 0 Å². The van der Waals surface area contributed by atoms with Crippen LogP contribution >= 0.6 is 0 Å². The number of nitrogens with two attached hydrogens (primary N) is 1. The highest BCUT2D eigenvalue weighted by Gasteiger charge is 2.34. The first-order chi connectivity index (χ1) is 7.55. The Morgan fingerprint density at radius 2 is 2.00 bits per heavy atom. The van der Waals surface area contributed by atoms with Crippen molar-refractivity contribution in [2.75, 3.05) is 26.8 Å². The minimum atomic E-state index is -0.0576. The lowest BCUT2D eigenvalue weighted by atomic mass is 9.86. The summed E-state index contributed by atoms with van der Waals surface area (Å²) in [7, 11) is 1.75. The molecule has 1 rings (SSSR count). The van der Waals surface area contributed by atoms with Gasteiger partial charge < -0.3 is 15.8 Å². The number of nitrogens with one attached hydrogen (secondary N) is 1. The molecule has 1 saturated carbocycles. The minimum Gasteiger partial charge on any atom is -0.383 e. The minimum absolute atomic E-state index is 0.0576. The van der Waals surface area contributed by atoms with E-state index in [1.165, 1.54) is 12.8 Å². The van der Waals surface area contributed by atoms with E-state index in [-0.39, 0.29) is 5.54 Å². The lowest BCUT2D eigenvalue weighted by Crippen LogP contribution is -2.59. The number of rotatable bonds is 8. The predicted molar refractivity (Wildman–Crippen MR) is 68.4 cm³/mol. The van der Waals surface area contributed by atoms with Gasteiger partial charge >= 0.3 is 0 Å². The molecule has 1 aliphatic rings. The lowest BCUT2D eigenvalue weighted by Gasteiger charge is -2.38. The first-order valence-corrected chi connectivity index (χ1v) is 6.49. The smallest absolute Gasteiger partial charge is 0.0659 e. The Balaban J connectivity index is 2.47. The van der Waals surface area contributed by atoms with Gasteiger partial charge in [-0.3, -0.25) is 0 Å². The highest BCUT2D eigenvalue weighted by atomic mass is 16.5. The van der Waals surface area contributed by atoms with Crippen molar-refractivity contribution < 1.29 is 4.74 Å². The SMILES string of the molecule is COCC(CN)(NCC(C)C1CC1)C(C)C. The summed E-state index contributed by atoms with van der Waals surface area (Å²) in [5.41, 5.74) is 5.87. The molecule has 0 aromatic carbocycles. The van der Waals surface area contributed by atoms with Gasteiger partial charge in [0.1, 0.15) is 0 Å². The van der Waals surface area contributed by atoms with E-state index >= 15 is 0 Å². The Morgan fingerprint density at radius 3 is 2.38 bits per heavy atom. The van der Waals surface area contributed by atoms with Crippen LogP contribution in [0.4, 0.5) is 0 Å². The van der Waals surface area contributed by atoms with Crippen molar-refractivity contribution >= 4 is 0 Å². The summed E-state index contributed by atoms with van der Waals surface area (Å²) in [4.78, 5) is 0. The first kappa shape index (κ1) is 13.9.